The van der Waals surface area contributed by atoms with Gasteiger partial charge in [-0.15, -0.1) is 0 Å². The van der Waals surface area contributed by atoms with E-state index in [0.717, 1.165) is 18.4 Å². The molecule has 0 aliphatic rings. The van der Waals surface area contributed by atoms with Crippen molar-refractivity contribution in [2.45, 2.75) is 25.6 Å². The minimum Gasteiger partial charge on any atom is -0.473 e. The molecule has 2 aromatic rings. The second kappa shape index (κ2) is 6.90. The average molecular weight is 306 g/mol. The third-order valence-corrected chi connectivity index (χ3v) is 4.13. The Bertz CT molecular complexity index is 621. The maximum atomic E-state index is 11.9. The molecule has 0 heterocycles. The van der Waals surface area contributed by atoms with Crippen LogP contribution in [0.4, 0.5) is 0 Å². The van der Waals surface area contributed by atoms with Gasteiger partial charge in [-0.2, -0.15) is 0 Å². The smallest absolute Gasteiger partial charge is 0.370 e. The van der Waals surface area contributed by atoms with Crippen LogP contribution in [0.2, 0.25) is 0 Å². The van der Waals surface area contributed by atoms with Gasteiger partial charge in [0, 0.05) is 5.56 Å². The number of para-hydroxylation sites is 1. The van der Waals surface area contributed by atoms with Crippen LogP contribution in [0.1, 0.15) is 30.3 Å². The van der Waals surface area contributed by atoms with Crippen molar-refractivity contribution >= 4 is 7.60 Å². The largest absolute Gasteiger partial charge is 0.473 e. The molecule has 0 fully saturated rings. The van der Waals surface area contributed by atoms with Crippen LogP contribution in [-0.4, -0.2) is 9.79 Å². The molecule has 0 aromatic heterocycles. The molecular weight excluding hydrogens is 287 g/mol. The van der Waals surface area contributed by atoms with E-state index in [9.17, 15) is 14.4 Å². The van der Waals surface area contributed by atoms with E-state index in [1.807, 2.05) is 25.1 Å². The molecule has 1 unspecified atom stereocenters. The lowest BCUT2D eigenvalue weighted by Gasteiger charge is -2.22. The summed E-state index contributed by atoms with van der Waals surface area (Å²) in [6, 6.07) is 16.0. The molecule has 0 amide bonds. The second-order valence-electron chi connectivity index (χ2n) is 4.82. The first kappa shape index (κ1) is 15.8. The van der Waals surface area contributed by atoms with Crippen molar-refractivity contribution in [1.82, 2.24) is 0 Å². The van der Waals surface area contributed by atoms with Gasteiger partial charge in [-0.1, -0.05) is 55.8 Å². The van der Waals surface area contributed by atoms with Crippen molar-refractivity contribution in [2.75, 3.05) is 0 Å². The number of rotatable bonds is 6. The molecule has 0 spiro atoms. The van der Waals surface area contributed by atoms with Crippen LogP contribution < -0.4 is 4.74 Å². The van der Waals surface area contributed by atoms with E-state index in [1.54, 1.807) is 36.4 Å². The maximum absolute atomic E-state index is 11.9. The van der Waals surface area contributed by atoms with Gasteiger partial charge in [0.1, 0.15) is 5.75 Å². The van der Waals surface area contributed by atoms with Crippen molar-refractivity contribution < 1.29 is 19.1 Å². The minimum absolute atomic E-state index is 0.442. The van der Waals surface area contributed by atoms with Crippen LogP contribution in [-0.2, 0) is 11.0 Å². The zero-order valence-corrected chi connectivity index (χ0v) is 12.7. The van der Waals surface area contributed by atoms with Gasteiger partial charge in [0.15, 0.2) is 0 Å². The van der Waals surface area contributed by atoms with Crippen LogP contribution >= 0.6 is 7.60 Å². The molecule has 2 rings (SSSR count). The highest BCUT2D eigenvalue weighted by molar-refractivity contribution is 7.52. The molecule has 2 N–H and O–H groups in total. The fourth-order valence-corrected chi connectivity index (χ4v) is 3.09. The topological polar surface area (TPSA) is 66.8 Å². The van der Waals surface area contributed by atoms with E-state index in [4.69, 9.17) is 4.74 Å². The number of hydrogen-bond donors (Lipinski definition) is 2. The Morgan fingerprint density at radius 3 is 2.29 bits per heavy atom. The molecule has 0 saturated carbocycles. The van der Waals surface area contributed by atoms with Gasteiger partial charge >= 0.3 is 7.60 Å². The summed E-state index contributed by atoms with van der Waals surface area (Å²) >= 11 is 0. The van der Waals surface area contributed by atoms with E-state index in [0.29, 0.717) is 11.3 Å². The lowest BCUT2D eigenvalue weighted by Crippen LogP contribution is -2.11. The minimum atomic E-state index is -4.44. The number of aryl methyl sites for hydroxylation is 1. The summed E-state index contributed by atoms with van der Waals surface area (Å²) in [7, 11) is -4.44. The lowest BCUT2D eigenvalue weighted by atomic mass is 10.0. The summed E-state index contributed by atoms with van der Waals surface area (Å²) in [5, 5.41) is 0. The zero-order chi connectivity index (χ0) is 15.3. The Morgan fingerprint density at radius 1 is 1.05 bits per heavy atom. The van der Waals surface area contributed by atoms with E-state index in [1.165, 1.54) is 0 Å². The molecule has 0 radical (unpaired) electrons. The third-order valence-electron chi connectivity index (χ3n) is 3.14. The fraction of sp³-hybridized carbons (Fsp3) is 0.250. The highest BCUT2D eigenvalue weighted by Crippen LogP contribution is 2.53. The van der Waals surface area contributed by atoms with E-state index < -0.39 is 13.4 Å². The maximum Gasteiger partial charge on any atom is 0.370 e. The van der Waals surface area contributed by atoms with Gasteiger partial charge in [-0.3, -0.25) is 4.57 Å². The number of benzene rings is 2. The van der Waals surface area contributed by atoms with Crippen molar-refractivity contribution in [3.8, 4) is 5.75 Å². The van der Waals surface area contributed by atoms with Gasteiger partial charge in [-0.05, 0) is 24.1 Å². The zero-order valence-electron chi connectivity index (χ0n) is 11.8. The Kier molecular flexibility index (Phi) is 5.18. The van der Waals surface area contributed by atoms with Gasteiger partial charge < -0.3 is 14.5 Å². The van der Waals surface area contributed by atoms with Crippen LogP contribution in [0.3, 0.4) is 0 Å². The summed E-state index contributed by atoms with van der Waals surface area (Å²) in [6.45, 7) is 2.03. The molecule has 0 bridgehead atoms. The molecule has 2 aromatic carbocycles. The lowest BCUT2D eigenvalue weighted by molar-refractivity contribution is 0.225. The molecule has 1 atom stereocenters. The first-order valence-electron chi connectivity index (χ1n) is 6.87. The quantitative estimate of drug-likeness (QED) is 0.794. The van der Waals surface area contributed by atoms with Gasteiger partial charge in [-0.25, -0.2) is 0 Å². The summed E-state index contributed by atoms with van der Waals surface area (Å²) in [5.74, 6) is -0.834. The predicted molar refractivity (Wildman–Crippen MR) is 82.3 cm³/mol. The summed E-state index contributed by atoms with van der Waals surface area (Å²) < 4.78 is 17.5. The first-order chi connectivity index (χ1) is 10.0. The third kappa shape index (κ3) is 4.18. The molecule has 0 aliphatic carbocycles. The van der Waals surface area contributed by atoms with E-state index >= 15 is 0 Å². The van der Waals surface area contributed by atoms with Crippen LogP contribution in [0, 0.1) is 0 Å². The van der Waals surface area contributed by atoms with Crippen molar-refractivity contribution in [3.63, 3.8) is 0 Å². The fourth-order valence-electron chi connectivity index (χ4n) is 2.21. The van der Waals surface area contributed by atoms with Crippen molar-refractivity contribution in [3.05, 3.63) is 65.7 Å². The SMILES string of the molecule is CCCc1ccccc1C(Oc1ccccc1)P(=O)(O)O. The molecule has 21 heavy (non-hydrogen) atoms. The predicted octanol–water partition coefficient (Wildman–Crippen LogP) is 3.89. The van der Waals surface area contributed by atoms with Crippen LogP contribution in [0.5, 0.6) is 5.75 Å². The Hall–Kier alpha value is -1.61. The highest BCUT2D eigenvalue weighted by Gasteiger charge is 2.34. The molecule has 5 heteroatoms. The summed E-state index contributed by atoms with van der Waals surface area (Å²) in [4.78, 5) is 19.3. The van der Waals surface area contributed by atoms with E-state index in [2.05, 4.69) is 0 Å². The molecule has 4 nitrogen and oxygen atoms in total. The van der Waals surface area contributed by atoms with Crippen LogP contribution in [0.15, 0.2) is 54.6 Å². The standard InChI is InChI=1S/C16H19O4P/c1-2-8-13-9-6-7-12-15(13)16(21(17,18)19)20-14-10-4-3-5-11-14/h3-7,9-12,16H,2,8H2,1H3,(H2,17,18,19). The van der Waals surface area contributed by atoms with Crippen molar-refractivity contribution in [2.24, 2.45) is 0 Å². The second-order valence-corrected chi connectivity index (χ2v) is 6.47. The first-order valence-corrected chi connectivity index (χ1v) is 8.55. The molecule has 0 aliphatic heterocycles. The highest BCUT2D eigenvalue weighted by atomic mass is 31.2. The monoisotopic (exact) mass is 306 g/mol. The average Bonchev–Trinajstić information content (AvgIpc) is 2.46. The van der Waals surface area contributed by atoms with Gasteiger partial charge in [0.25, 0.3) is 0 Å². The van der Waals surface area contributed by atoms with Gasteiger partial charge in [0.05, 0.1) is 0 Å². The Morgan fingerprint density at radius 2 is 1.67 bits per heavy atom. The normalized spacial score (nSPS) is 12.9. The van der Waals surface area contributed by atoms with E-state index in [-0.39, 0.29) is 0 Å². The summed E-state index contributed by atoms with van der Waals surface area (Å²) in [6.07, 6.45) is 1.65. The Balaban J connectivity index is 2.40. The molecule has 0 saturated heterocycles. The number of hydrogen-bond acceptors (Lipinski definition) is 2. The number of ether oxygens (including phenoxy) is 1. The van der Waals surface area contributed by atoms with Gasteiger partial charge in [0.2, 0.25) is 5.85 Å². The Labute approximate surface area is 124 Å². The van der Waals surface area contributed by atoms with Crippen molar-refractivity contribution in [1.29, 1.82) is 0 Å². The molecular formula is C16H19O4P. The molecule has 112 valence electrons. The van der Waals surface area contributed by atoms with Crippen LogP contribution in [0.25, 0.3) is 0 Å². The summed E-state index contributed by atoms with van der Waals surface area (Å²) in [5.41, 5.74) is 1.46.